The lowest BCUT2D eigenvalue weighted by Crippen LogP contribution is -2.38. The van der Waals surface area contributed by atoms with E-state index in [1.54, 1.807) is 4.90 Å². The maximum Gasteiger partial charge on any atom is 0.228 e. The Morgan fingerprint density at radius 2 is 2.14 bits per heavy atom. The maximum atomic E-state index is 12.3. The molecule has 0 aromatic carbocycles. The quantitative estimate of drug-likeness (QED) is 0.859. The molecule has 2 aliphatic rings. The number of carbonyl (C=O) groups excluding carboxylic acids is 2. The zero-order valence-corrected chi connectivity index (χ0v) is 13.2. The highest BCUT2D eigenvalue weighted by molar-refractivity contribution is 7.14. The first-order valence-corrected chi connectivity index (χ1v) is 8.54. The first kappa shape index (κ1) is 14.5. The Morgan fingerprint density at radius 3 is 2.81 bits per heavy atom. The molecule has 0 atom stereocenters. The molecule has 0 spiro atoms. The molecule has 2 saturated heterocycles. The number of hydrogen-bond acceptors (Lipinski definition) is 4. The highest BCUT2D eigenvalue weighted by Crippen LogP contribution is 2.26. The number of anilines is 1. The monoisotopic (exact) mass is 307 g/mol. The van der Waals surface area contributed by atoms with Gasteiger partial charge in [-0.15, -0.1) is 11.3 Å². The topological polar surface area (TPSA) is 53.5 Å². The summed E-state index contributed by atoms with van der Waals surface area (Å²) in [5.74, 6) is 1.03. The molecule has 2 fully saturated rings. The Bertz CT molecular complexity index is 535. The summed E-state index contributed by atoms with van der Waals surface area (Å²) in [5, 5.41) is 2.65. The van der Waals surface area contributed by atoms with E-state index in [1.807, 2.05) is 10.3 Å². The van der Waals surface area contributed by atoms with Gasteiger partial charge in [-0.25, -0.2) is 4.98 Å². The van der Waals surface area contributed by atoms with E-state index in [0.29, 0.717) is 12.8 Å². The van der Waals surface area contributed by atoms with Crippen molar-refractivity contribution in [3.05, 3.63) is 11.1 Å². The van der Waals surface area contributed by atoms with Gasteiger partial charge in [0.15, 0.2) is 5.13 Å². The van der Waals surface area contributed by atoms with E-state index in [4.69, 9.17) is 0 Å². The highest BCUT2D eigenvalue weighted by atomic mass is 32.1. The molecule has 0 bridgehead atoms. The Labute approximate surface area is 129 Å². The normalized spacial score (nSPS) is 20.3. The molecule has 0 aliphatic carbocycles. The lowest BCUT2D eigenvalue weighted by atomic mass is 9.99. The number of hydrogen-bond donors (Lipinski definition) is 0. The number of likely N-dealkylation sites (tertiary alicyclic amines) is 1. The van der Waals surface area contributed by atoms with Gasteiger partial charge in [-0.3, -0.25) is 14.5 Å². The van der Waals surface area contributed by atoms with Gasteiger partial charge in [0.25, 0.3) is 0 Å². The number of rotatable bonds is 3. The molecule has 0 radical (unpaired) electrons. The predicted octanol–water partition coefficient (Wildman–Crippen LogP) is 2.07. The largest absolute Gasteiger partial charge is 0.342 e. The summed E-state index contributed by atoms with van der Waals surface area (Å²) in [6.45, 7) is 4.72. The van der Waals surface area contributed by atoms with Gasteiger partial charge < -0.3 is 4.90 Å². The second-order valence-corrected chi connectivity index (χ2v) is 6.85. The second-order valence-electron chi connectivity index (χ2n) is 6.01. The zero-order chi connectivity index (χ0) is 14.8. The van der Waals surface area contributed by atoms with Crippen LogP contribution in [0.15, 0.2) is 5.38 Å². The van der Waals surface area contributed by atoms with Crippen molar-refractivity contribution in [2.45, 2.75) is 39.0 Å². The summed E-state index contributed by atoms with van der Waals surface area (Å²) in [4.78, 5) is 32.1. The van der Waals surface area contributed by atoms with Crippen LogP contribution >= 0.6 is 11.3 Å². The number of thiazole rings is 1. The van der Waals surface area contributed by atoms with E-state index in [-0.39, 0.29) is 11.8 Å². The number of amides is 2. The van der Waals surface area contributed by atoms with Crippen molar-refractivity contribution in [1.82, 2.24) is 9.88 Å². The lowest BCUT2D eigenvalue weighted by Gasteiger charge is -2.30. The molecule has 2 amide bonds. The maximum absolute atomic E-state index is 12.3. The van der Waals surface area contributed by atoms with Gasteiger partial charge in [-0.05, 0) is 25.2 Å². The summed E-state index contributed by atoms with van der Waals surface area (Å²) >= 11 is 1.46. The molecule has 2 aliphatic heterocycles. The van der Waals surface area contributed by atoms with Gasteiger partial charge in [0.2, 0.25) is 11.8 Å². The second kappa shape index (κ2) is 6.13. The van der Waals surface area contributed by atoms with Crippen LogP contribution in [0.5, 0.6) is 0 Å². The van der Waals surface area contributed by atoms with Crippen LogP contribution < -0.4 is 4.90 Å². The number of nitrogens with zero attached hydrogens (tertiary/aromatic N) is 3. The van der Waals surface area contributed by atoms with Crippen LogP contribution in [0.1, 0.15) is 38.3 Å². The predicted molar refractivity (Wildman–Crippen MR) is 82.4 cm³/mol. The minimum absolute atomic E-state index is 0.146. The first-order chi connectivity index (χ1) is 10.1. The summed E-state index contributed by atoms with van der Waals surface area (Å²) < 4.78 is 0. The summed E-state index contributed by atoms with van der Waals surface area (Å²) in [6.07, 6.45) is 4.05. The number of aromatic nitrogens is 1. The van der Waals surface area contributed by atoms with Crippen LogP contribution in [0, 0.1) is 5.92 Å². The van der Waals surface area contributed by atoms with Gasteiger partial charge in [-0.2, -0.15) is 0 Å². The number of piperidine rings is 1. The molecule has 3 rings (SSSR count). The standard InChI is InChI=1S/C15H21N3O2S/c1-11-4-7-17(8-5-11)14(20)9-12-10-21-15(16-12)18-6-2-3-13(18)19/h10-11H,2-9H2,1H3. The lowest BCUT2D eigenvalue weighted by molar-refractivity contribution is -0.131. The van der Waals surface area contributed by atoms with Crippen molar-refractivity contribution in [2.75, 3.05) is 24.5 Å². The molecule has 5 nitrogen and oxygen atoms in total. The number of carbonyl (C=O) groups is 2. The Balaban J connectivity index is 1.59. The van der Waals surface area contributed by atoms with E-state index in [2.05, 4.69) is 11.9 Å². The van der Waals surface area contributed by atoms with Crippen molar-refractivity contribution >= 4 is 28.3 Å². The van der Waals surface area contributed by atoms with Crippen LogP contribution in [0.4, 0.5) is 5.13 Å². The fourth-order valence-corrected chi connectivity index (χ4v) is 3.74. The Morgan fingerprint density at radius 1 is 1.38 bits per heavy atom. The Kier molecular flexibility index (Phi) is 4.24. The molecular weight excluding hydrogens is 286 g/mol. The molecule has 3 heterocycles. The fourth-order valence-electron chi connectivity index (χ4n) is 2.88. The third kappa shape index (κ3) is 3.26. The van der Waals surface area contributed by atoms with Crippen LogP contribution in [0.2, 0.25) is 0 Å². The molecular formula is C15H21N3O2S. The molecule has 1 aromatic heterocycles. The molecule has 0 N–H and O–H groups in total. The average Bonchev–Trinajstić information content (AvgIpc) is 3.08. The van der Waals surface area contributed by atoms with Crippen molar-refractivity contribution < 1.29 is 9.59 Å². The van der Waals surface area contributed by atoms with Gasteiger partial charge in [-0.1, -0.05) is 6.92 Å². The van der Waals surface area contributed by atoms with Gasteiger partial charge in [0, 0.05) is 31.4 Å². The van der Waals surface area contributed by atoms with E-state index < -0.39 is 0 Å². The van der Waals surface area contributed by atoms with Gasteiger partial charge in [0.1, 0.15) is 0 Å². The molecule has 0 unspecified atom stereocenters. The highest BCUT2D eigenvalue weighted by Gasteiger charge is 2.25. The molecule has 1 aromatic rings. The molecule has 0 saturated carbocycles. The van der Waals surface area contributed by atoms with E-state index in [9.17, 15) is 9.59 Å². The third-order valence-electron chi connectivity index (χ3n) is 4.31. The van der Waals surface area contributed by atoms with Gasteiger partial charge >= 0.3 is 0 Å². The molecule has 6 heteroatoms. The van der Waals surface area contributed by atoms with Crippen molar-refractivity contribution in [3.63, 3.8) is 0 Å². The van der Waals surface area contributed by atoms with Gasteiger partial charge in [0.05, 0.1) is 12.1 Å². The minimum Gasteiger partial charge on any atom is -0.342 e. The van der Waals surface area contributed by atoms with Crippen LogP contribution in [-0.2, 0) is 16.0 Å². The van der Waals surface area contributed by atoms with E-state index >= 15 is 0 Å². The van der Waals surface area contributed by atoms with E-state index in [1.165, 1.54) is 11.3 Å². The SMILES string of the molecule is CC1CCN(C(=O)Cc2csc(N3CCCC3=O)n2)CC1. The van der Waals surface area contributed by atoms with Crippen molar-refractivity contribution in [3.8, 4) is 0 Å². The minimum atomic E-state index is 0.146. The average molecular weight is 307 g/mol. The Hall–Kier alpha value is -1.43. The van der Waals surface area contributed by atoms with Crippen LogP contribution in [0.3, 0.4) is 0 Å². The smallest absolute Gasteiger partial charge is 0.228 e. The van der Waals surface area contributed by atoms with Crippen molar-refractivity contribution in [2.24, 2.45) is 5.92 Å². The summed E-state index contributed by atoms with van der Waals surface area (Å²) in [6, 6.07) is 0. The first-order valence-electron chi connectivity index (χ1n) is 7.66. The van der Waals surface area contributed by atoms with E-state index in [0.717, 1.165) is 55.6 Å². The summed E-state index contributed by atoms with van der Waals surface area (Å²) in [7, 11) is 0. The third-order valence-corrected chi connectivity index (χ3v) is 5.23. The summed E-state index contributed by atoms with van der Waals surface area (Å²) in [5.41, 5.74) is 0.790. The fraction of sp³-hybridized carbons (Fsp3) is 0.667. The van der Waals surface area contributed by atoms with Crippen LogP contribution in [-0.4, -0.2) is 41.3 Å². The molecule has 114 valence electrons. The van der Waals surface area contributed by atoms with Crippen molar-refractivity contribution in [1.29, 1.82) is 0 Å². The van der Waals surface area contributed by atoms with Crippen LogP contribution in [0.25, 0.3) is 0 Å². The zero-order valence-electron chi connectivity index (χ0n) is 12.4. The molecule has 21 heavy (non-hydrogen) atoms.